The maximum Gasteiger partial charge on any atom is 0.191 e. The van der Waals surface area contributed by atoms with Gasteiger partial charge >= 0.3 is 0 Å². The summed E-state index contributed by atoms with van der Waals surface area (Å²) in [6.45, 7) is 6.93. The van der Waals surface area contributed by atoms with E-state index >= 15 is 0 Å². The molecule has 1 aliphatic heterocycles. The van der Waals surface area contributed by atoms with E-state index in [9.17, 15) is 4.39 Å². The van der Waals surface area contributed by atoms with E-state index in [1.165, 1.54) is 31.0 Å². The summed E-state index contributed by atoms with van der Waals surface area (Å²) in [5.41, 5.74) is 2.04. The predicted molar refractivity (Wildman–Crippen MR) is 106 cm³/mol. The summed E-state index contributed by atoms with van der Waals surface area (Å²) in [6.07, 6.45) is 5.36. The van der Waals surface area contributed by atoms with Gasteiger partial charge < -0.3 is 20.5 Å². The van der Waals surface area contributed by atoms with Gasteiger partial charge in [0.1, 0.15) is 5.82 Å². The molecule has 1 unspecified atom stereocenters. The standard InChI is InChI=1S/C20H30FN5/c1-3-22-20(25-12-15-5-4-10-26(2)14-15)23-9-8-16-13-24-19-11-17(21)6-7-18(16)19/h6-7,11,13,15,24H,3-5,8-10,12,14H2,1-2H3,(H2,22,23,25). The molecule has 26 heavy (non-hydrogen) atoms. The van der Waals surface area contributed by atoms with Crippen molar-refractivity contribution >= 4 is 16.9 Å². The number of guanidine groups is 1. The van der Waals surface area contributed by atoms with E-state index in [1.54, 1.807) is 6.07 Å². The highest BCUT2D eigenvalue weighted by Crippen LogP contribution is 2.19. The Morgan fingerprint density at radius 1 is 1.38 bits per heavy atom. The lowest BCUT2D eigenvalue weighted by Crippen LogP contribution is -2.39. The normalized spacial score (nSPS) is 19.0. The third-order valence-corrected chi connectivity index (χ3v) is 4.99. The molecule has 1 atom stereocenters. The smallest absolute Gasteiger partial charge is 0.191 e. The zero-order valence-electron chi connectivity index (χ0n) is 15.8. The lowest BCUT2D eigenvalue weighted by atomic mass is 9.99. The minimum atomic E-state index is -0.209. The number of halogens is 1. The van der Waals surface area contributed by atoms with Crippen LogP contribution in [-0.4, -0.2) is 55.6 Å². The molecule has 0 saturated carbocycles. The summed E-state index contributed by atoms with van der Waals surface area (Å²) in [5, 5.41) is 7.83. The fourth-order valence-electron chi connectivity index (χ4n) is 3.67. The maximum absolute atomic E-state index is 13.3. The molecule has 1 aliphatic rings. The molecule has 2 heterocycles. The summed E-state index contributed by atoms with van der Waals surface area (Å²) >= 11 is 0. The van der Waals surface area contributed by atoms with Crippen molar-refractivity contribution in [3.8, 4) is 0 Å². The Kier molecular flexibility index (Phi) is 6.50. The summed E-state index contributed by atoms with van der Waals surface area (Å²) in [6, 6.07) is 4.90. The number of aromatic nitrogens is 1. The Morgan fingerprint density at radius 3 is 3.08 bits per heavy atom. The molecule has 0 bridgehead atoms. The molecular formula is C20H30FN5. The van der Waals surface area contributed by atoms with Crippen molar-refractivity contribution in [1.29, 1.82) is 0 Å². The summed E-state index contributed by atoms with van der Waals surface area (Å²) in [7, 11) is 2.19. The van der Waals surface area contributed by atoms with Crippen molar-refractivity contribution in [3.63, 3.8) is 0 Å². The van der Waals surface area contributed by atoms with Gasteiger partial charge in [-0.1, -0.05) is 0 Å². The topological polar surface area (TPSA) is 55.5 Å². The second-order valence-electron chi connectivity index (χ2n) is 7.17. The van der Waals surface area contributed by atoms with Gasteiger partial charge in [-0.2, -0.15) is 0 Å². The Labute approximate surface area is 155 Å². The van der Waals surface area contributed by atoms with Crippen LogP contribution >= 0.6 is 0 Å². The number of rotatable bonds is 6. The second-order valence-corrected chi connectivity index (χ2v) is 7.17. The van der Waals surface area contributed by atoms with Crippen LogP contribution in [0.5, 0.6) is 0 Å². The van der Waals surface area contributed by atoms with Crippen molar-refractivity contribution in [2.45, 2.75) is 26.2 Å². The van der Waals surface area contributed by atoms with Gasteiger partial charge in [0.15, 0.2) is 5.96 Å². The first-order valence-electron chi connectivity index (χ1n) is 9.62. The largest absolute Gasteiger partial charge is 0.361 e. The average molecular weight is 359 g/mol. The van der Waals surface area contributed by atoms with Crippen LogP contribution < -0.4 is 10.6 Å². The molecule has 3 rings (SSSR count). The molecule has 0 radical (unpaired) electrons. The van der Waals surface area contributed by atoms with Gasteiger partial charge in [0.2, 0.25) is 0 Å². The number of aromatic amines is 1. The molecule has 5 nitrogen and oxygen atoms in total. The second kappa shape index (κ2) is 9.03. The van der Waals surface area contributed by atoms with E-state index in [0.717, 1.165) is 49.5 Å². The Balaban J connectivity index is 1.53. The molecule has 0 spiro atoms. The molecular weight excluding hydrogens is 329 g/mol. The SMILES string of the molecule is CCNC(=NCC1CCCN(C)C1)NCCc1c[nH]c2cc(F)ccc12. The first-order chi connectivity index (χ1) is 12.7. The first kappa shape index (κ1) is 18.7. The Hall–Kier alpha value is -2.08. The van der Waals surface area contributed by atoms with Crippen LogP contribution in [0.2, 0.25) is 0 Å². The molecule has 142 valence electrons. The van der Waals surface area contributed by atoms with Gasteiger partial charge in [-0.05, 0) is 69.5 Å². The highest BCUT2D eigenvalue weighted by molar-refractivity contribution is 5.83. The van der Waals surface area contributed by atoms with Gasteiger partial charge in [0.25, 0.3) is 0 Å². The van der Waals surface area contributed by atoms with Gasteiger partial charge in [0, 0.05) is 43.3 Å². The highest BCUT2D eigenvalue weighted by atomic mass is 19.1. The molecule has 0 aliphatic carbocycles. The number of fused-ring (bicyclic) bond motifs is 1. The third-order valence-electron chi connectivity index (χ3n) is 4.99. The van der Waals surface area contributed by atoms with Gasteiger partial charge in [-0.25, -0.2) is 4.39 Å². The third kappa shape index (κ3) is 4.97. The Morgan fingerprint density at radius 2 is 2.27 bits per heavy atom. The van der Waals surface area contributed by atoms with Gasteiger partial charge in [-0.3, -0.25) is 4.99 Å². The summed E-state index contributed by atoms with van der Waals surface area (Å²) in [5.74, 6) is 1.32. The fraction of sp³-hybridized carbons (Fsp3) is 0.550. The number of likely N-dealkylation sites (tertiary alicyclic amines) is 1. The molecule has 1 saturated heterocycles. The number of nitrogens with zero attached hydrogens (tertiary/aromatic N) is 2. The minimum absolute atomic E-state index is 0.209. The van der Waals surface area contributed by atoms with E-state index in [2.05, 4.69) is 34.5 Å². The average Bonchev–Trinajstić information content (AvgIpc) is 3.02. The Bertz CT molecular complexity index is 739. The quantitative estimate of drug-likeness (QED) is 0.549. The van der Waals surface area contributed by atoms with Crippen molar-refractivity contribution in [3.05, 3.63) is 35.8 Å². The van der Waals surface area contributed by atoms with Crippen LogP contribution in [0.15, 0.2) is 29.4 Å². The molecule has 3 N–H and O–H groups in total. The lowest BCUT2D eigenvalue weighted by Gasteiger charge is -2.28. The summed E-state index contributed by atoms with van der Waals surface area (Å²) < 4.78 is 13.3. The molecule has 1 aromatic heterocycles. The number of hydrogen-bond acceptors (Lipinski definition) is 2. The van der Waals surface area contributed by atoms with Gasteiger partial charge in [0.05, 0.1) is 0 Å². The number of H-pyrrole nitrogens is 1. The van der Waals surface area contributed by atoms with E-state index in [1.807, 2.05) is 12.3 Å². The maximum atomic E-state index is 13.3. The number of nitrogens with one attached hydrogen (secondary N) is 3. The predicted octanol–water partition coefficient (Wildman–Crippen LogP) is 2.75. The first-order valence-corrected chi connectivity index (χ1v) is 9.62. The number of aliphatic imine (C=N–C) groups is 1. The number of benzene rings is 1. The van der Waals surface area contributed by atoms with E-state index in [-0.39, 0.29) is 5.82 Å². The molecule has 6 heteroatoms. The molecule has 0 amide bonds. The number of hydrogen-bond donors (Lipinski definition) is 3. The van der Waals surface area contributed by atoms with E-state index < -0.39 is 0 Å². The van der Waals surface area contributed by atoms with Crippen LogP contribution in [0.25, 0.3) is 10.9 Å². The minimum Gasteiger partial charge on any atom is -0.361 e. The molecule has 2 aromatic rings. The van der Waals surface area contributed by atoms with Gasteiger partial charge in [-0.15, -0.1) is 0 Å². The van der Waals surface area contributed by atoms with Crippen molar-refractivity contribution in [2.75, 3.05) is 39.8 Å². The van der Waals surface area contributed by atoms with Crippen molar-refractivity contribution in [2.24, 2.45) is 10.9 Å². The van der Waals surface area contributed by atoms with Crippen LogP contribution in [-0.2, 0) is 6.42 Å². The van der Waals surface area contributed by atoms with E-state index in [0.29, 0.717) is 5.92 Å². The van der Waals surface area contributed by atoms with Crippen LogP contribution in [0.1, 0.15) is 25.3 Å². The van der Waals surface area contributed by atoms with Crippen LogP contribution in [0.3, 0.4) is 0 Å². The number of piperidine rings is 1. The van der Waals surface area contributed by atoms with Crippen molar-refractivity contribution in [1.82, 2.24) is 20.5 Å². The van der Waals surface area contributed by atoms with E-state index in [4.69, 9.17) is 4.99 Å². The highest BCUT2D eigenvalue weighted by Gasteiger charge is 2.16. The van der Waals surface area contributed by atoms with Crippen molar-refractivity contribution < 1.29 is 4.39 Å². The molecule has 1 fully saturated rings. The molecule has 1 aromatic carbocycles. The van der Waals surface area contributed by atoms with Crippen LogP contribution in [0, 0.1) is 11.7 Å². The zero-order valence-corrected chi connectivity index (χ0v) is 15.8. The monoisotopic (exact) mass is 359 g/mol. The lowest BCUT2D eigenvalue weighted by molar-refractivity contribution is 0.214. The summed E-state index contributed by atoms with van der Waals surface area (Å²) in [4.78, 5) is 10.3. The fourth-order valence-corrected chi connectivity index (χ4v) is 3.67. The van der Waals surface area contributed by atoms with Crippen LogP contribution in [0.4, 0.5) is 4.39 Å². The zero-order chi connectivity index (χ0) is 18.4.